The molecule has 0 aliphatic carbocycles. The molecule has 0 aromatic heterocycles. The van der Waals surface area contributed by atoms with Gasteiger partial charge in [0, 0.05) is 6.54 Å². The molecular formula is C15H23NO4. The number of para-hydroxylation sites is 2. The van der Waals surface area contributed by atoms with Crippen molar-refractivity contribution in [1.29, 1.82) is 0 Å². The number of methoxy groups -OCH3 is 1. The Morgan fingerprint density at radius 1 is 1.35 bits per heavy atom. The van der Waals surface area contributed by atoms with Crippen molar-refractivity contribution in [2.24, 2.45) is 0 Å². The van der Waals surface area contributed by atoms with E-state index in [1.165, 1.54) is 0 Å². The molecule has 0 bridgehead atoms. The topological polar surface area (TPSA) is 67.8 Å². The normalized spacial score (nSPS) is 13.6. The predicted octanol–water partition coefficient (Wildman–Crippen LogP) is 2.31. The maximum absolute atomic E-state index is 11.3. The fourth-order valence-corrected chi connectivity index (χ4v) is 2.00. The quantitative estimate of drug-likeness (QED) is 0.680. The first-order valence-electron chi connectivity index (χ1n) is 6.77. The largest absolute Gasteiger partial charge is 0.493 e. The molecule has 0 saturated carbocycles. The van der Waals surface area contributed by atoms with Gasteiger partial charge in [0.15, 0.2) is 11.5 Å². The first kappa shape index (κ1) is 16.3. The summed E-state index contributed by atoms with van der Waals surface area (Å²) in [7, 11) is 1.59. The van der Waals surface area contributed by atoms with Crippen molar-refractivity contribution in [3.8, 4) is 11.5 Å². The van der Waals surface area contributed by atoms with E-state index >= 15 is 0 Å². The molecule has 0 aliphatic rings. The summed E-state index contributed by atoms with van der Waals surface area (Å²) in [5.74, 6) is 0.489. The van der Waals surface area contributed by atoms with Crippen LogP contribution in [0.4, 0.5) is 0 Å². The number of hydrogen-bond acceptors (Lipinski definition) is 4. The Morgan fingerprint density at radius 3 is 2.55 bits per heavy atom. The number of carboxylic acids is 1. The summed E-state index contributed by atoms with van der Waals surface area (Å²) in [6, 6.07) is 7.37. The molecule has 0 radical (unpaired) electrons. The molecule has 1 rings (SSSR count). The van der Waals surface area contributed by atoms with Crippen LogP contribution in [-0.4, -0.2) is 36.9 Å². The van der Waals surface area contributed by atoms with E-state index in [-0.39, 0.29) is 0 Å². The smallest absolute Gasteiger partial charge is 0.323 e. The molecular weight excluding hydrogens is 258 g/mol. The molecule has 0 fully saturated rings. The van der Waals surface area contributed by atoms with Gasteiger partial charge >= 0.3 is 5.97 Å². The molecule has 1 aromatic rings. The third-order valence-corrected chi connectivity index (χ3v) is 3.17. The van der Waals surface area contributed by atoms with Gasteiger partial charge in [-0.15, -0.1) is 0 Å². The first-order chi connectivity index (χ1) is 9.53. The van der Waals surface area contributed by atoms with Gasteiger partial charge in [-0.2, -0.15) is 0 Å². The lowest BCUT2D eigenvalue weighted by Gasteiger charge is -2.25. The van der Waals surface area contributed by atoms with E-state index in [9.17, 15) is 9.90 Å². The van der Waals surface area contributed by atoms with Crippen LogP contribution in [0.3, 0.4) is 0 Å². The number of aliphatic carboxylic acids is 1. The zero-order chi connectivity index (χ0) is 15.0. The van der Waals surface area contributed by atoms with Crippen molar-refractivity contribution in [3.05, 3.63) is 24.3 Å². The highest BCUT2D eigenvalue weighted by Gasteiger charge is 2.31. The molecule has 5 heteroatoms. The summed E-state index contributed by atoms with van der Waals surface area (Å²) in [5.41, 5.74) is -0.904. The van der Waals surface area contributed by atoms with Crippen molar-refractivity contribution >= 4 is 5.97 Å². The highest BCUT2D eigenvalue weighted by Crippen LogP contribution is 2.25. The number of hydrogen-bond donors (Lipinski definition) is 2. The van der Waals surface area contributed by atoms with Crippen LogP contribution in [0, 0.1) is 0 Å². The standard InChI is InChI=1S/C15H23NO4/c1-4-9-15(2,14(17)18)16-10-11-20-13-8-6-5-7-12(13)19-3/h5-8,16H,4,9-11H2,1-3H3,(H,17,18). The molecule has 0 saturated heterocycles. The summed E-state index contributed by atoms with van der Waals surface area (Å²) in [4.78, 5) is 11.3. The van der Waals surface area contributed by atoms with E-state index in [0.29, 0.717) is 31.1 Å². The summed E-state index contributed by atoms with van der Waals surface area (Å²) in [6.45, 7) is 4.50. The molecule has 2 N–H and O–H groups in total. The van der Waals surface area contributed by atoms with Gasteiger partial charge in [-0.05, 0) is 25.5 Å². The Morgan fingerprint density at radius 2 is 2.00 bits per heavy atom. The molecule has 112 valence electrons. The lowest BCUT2D eigenvalue weighted by Crippen LogP contribution is -2.50. The van der Waals surface area contributed by atoms with E-state index in [4.69, 9.17) is 9.47 Å². The van der Waals surface area contributed by atoms with E-state index in [0.717, 1.165) is 6.42 Å². The third-order valence-electron chi connectivity index (χ3n) is 3.17. The zero-order valence-electron chi connectivity index (χ0n) is 12.3. The maximum Gasteiger partial charge on any atom is 0.323 e. The second-order valence-corrected chi connectivity index (χ2v) is 4.81. The van der Waals surface area contributed by atoms with Crippen LogP contribution in [-0.2, 0) is 4.79 Å². The van der Waals surface area contributed by atoms with Crippen LogP contribution < -0.4 is 14.8 Å². The second kappa shape index (κ2) is 7.75. The van der Waals surface area contributed by atoms with E-state index in [1.807, 2.05) is 31.2 Å². The van der Waals surface area contributed by atoms with Crippen LogP contribution >= 0.6 is 0 Å². The van der Waals surface area contributed by atoms with Gasteiger partial charge in [0.1, 0.15) is 12.1 Å². The van der Waals surface area contributed by atoms with Crippen molar-refractivity contribution in [2.45, 2.75) is 32.2 Å². The number of ether oxygens (including phenoxy) is 2. The van der Waals surface area contributed by atoms with Gasteiger partial charge in [-0.1, -0.05) is 25.5 Å². The Labute approximate surface area is 119 Å². The van der Waals surface area contributed by atoms with Crippen LogP contribution in [0.5, 0.6) is 11.5 Å². The molecule has 0 spiro atoms. The third kappa shape index (κ3) is 4.42. The molecule has 5 nitrogen and oxygen atoms in total. The number of carboxylic acid groups (broad SMARTS) is 1. The fraction of sp³-hybridized carbons (Fsp3) is 0.533. The minimum Gasteiger partial charge on any atom is -0.493 e. The van der Waals surface area contributed by atoms with Gasteiger partial charge in [-0.25, -0.2) is 0 Å². The molecule has 20 heavy (non-hydrogen) atoms. The molecule has 0 amide bonds. The summed E-state index contributed by atoms with van der Waals surface area (Å²) >= 11 is 0. The van der Waals surface area contributed by atoms with E-state index < -0.39 is 11.5 Å². The Balaban J connectivity index is 2.46. The summed E-state index contributed by atoms with van der Waals surface area (Å²) in [6.07, 6.45) is 1.39. The average Bonchev–Trinajstić information content (AvgIpc) is 2.44. The average molecular weight is 281 g/mol. The second-order valence-electron chi connectivity index (χ2n) is 4.81. The Hall–Kier alpha value is -1.75. The van der Waals surface area contributed by atoms with E-state index in [1.54, 1.807) is 14.0 Å². The minimum absolute atomic E-state index is 0.382. The predicted molar refractivity (Wildman–Crippen MR) is 77.4 cm³/mol. The Kier molecular flexibility index (Phi) is 6.31. The number of rotatable bonds is 9. The van der Waals surface area contributed by atoms with Crippen molar-refractivity contribution in [3.63, 3.8) is 0 Å². The summed E-state index contributed by atoms with van der Waals surface area (Å²) in [5, 5.41) is 12.3. The lowest BCUT2D eigenvalue weighted by atomic mass is 9.96. The summed E-state index contributed by atoms with van der Waals surface area (Å²) < 4.78 is 10.8. The highest BCUT2D eigenvalue weighted by molar-refractivity contribution is 5.78. The molecule has 1 unspecified atom stereocenters. The van der Waals surface area contributed by atoms with E-state index in [2.05, 4.69) is 5.32 Å². The fourth-order valence-electron chi connectivity index (χ4n) is 2.00. The van der Waals surface area contributed by atoms with Gasteiger partial charge in [0.2, 0.25) is 0 Å². The van der Waals surface area contributed by atoms with Gasteiger partial charge < -0.3 is 14.6 Å². The monoisotopic (exact) mass is 281 g/mol. The van der Waals surface area contributed by atoms with Crippen molar-refractivity contribution in [2.75, 3.05) is 20.3 Å². The van der Waals surface area contributed by atoms with Gasteiger partial charge in [0.25, 0.3) is 0 Å². The number of carbonyl (C=O) groups is 1. The maximum atomic E-state index is 11.3. The van der Waals surface area contributed by atoms with Crippen LogP contribution in [0.15, 0.2) is 24.3 Å². The lowest BCUT2D eigenvalue weighted by molar-refractivity contribution is -0.144. The van der Waals surface area contributed by atoms with Crippen LogP contribution in [0.25, 0.3) is 0 Å². The molecule has 0 heterocycles. The van der Waals surface area contributed by atoms with Crippen molar-refractivity contribution in [1.82, 2.24) is 5.32 Å². The molecule has 0 aliphatic heterocycles. The molecule has 1 atom stereocenters. The van der Waals surface area contributed by atoms with Gasteiger partial charge in [-0.3, -0.25) is 10.1 Å². The van der Waals surface area contributed by atoms with Crippen LogP contribution in [0.1, 0.15) is 26.7 Å². The zero-order valence-corrected chi connectivity index (χ0v) is 12.3. The number of nitrogens with one attached hydrogen (secondary N) is 1. The van der Waals surface area contributed by atoms with Gasteiger partial charge in [0.05, 0.1) is 7.11 Å². The van der Waals surface area contributed by atoms with Crippen LogP contribution in [0.2, 0.25) is 0 Å². The first-order valence-corrected chi connectivity index (χ1v) is 6.77. The highest BCUT2D eigenvalue weighted by atomic mass is 16.5. The molecule has 1 aromatic carbocycles. The Bertz CT molecular complexity index is 436. The SMILES string of the molecule is CCCC(C)(NCCOc1ccccc1OC)C(=O)O. The minimum atomic E-state index is -0.904. The number of benzene rings is 1. The van der Waals surface area contributed by atoms with Crippen molar-refractivity contribution < 1.29 is 19.4 Å².